The molecule has 0 bridgehead atoms. The number of phenols is 1. The van der Waals surface area contributed by atoms with Gasteiger partial charge in [-0.25, -0.2) is 4.39 Å². The first-order chi connectivity index (χ1) is 12.0. The zero-order chi connectivity index (χ0) is 18.0. The number of para-hydroxylation sites is 1. The van der Waals surface area contributed by atoms with Gasteiger partial charge >= 0.3 is 0 Å². The molecule has 1 aliphatic rings. The second kappa shape index (κ2) is 7.04. The van der Waals surface area contributed by atoms with Crippen LogP contribution < -0.4 is 5.43 Å². The lowest BCUT2D eigenvalue weighted by atomic mass is 10.2. The Hall–Kier alpha value is -2.71. The average molecular weight is 374 g/mol. The average Bonchev–Trinajstić information content (AvgIpc) is 2.83. The number of thiocarbonyl (C=S) groups is 1. The molecule has 3 rings (SSSR count). The lowest BCUT2D eigenvalue weighted by Gasteiger charge is -2.16. The number of hydrogen-bond acceptors (Lipinski definition) is 5. The number of hydrazine groups is 1. The Balaban J connectivity index is 1.80. The number of carbonyl (C=O) groups is 2. The molecule has 2 aromatic rings. The fourth-order valence-electron chi connectivity index (χ4n) is 2.14. The minimum absolute atomic E-state index is 0.0191. The van der Waals surface area contributed by atoms with Gasteiger partial charge in [-0.2, -0.15) is 5.01 Å². The van der Waals surface area contributed by atoms with E-state index in [0.717, 1.165) is 16.8 Å². The molecule has 0 atom stereocenters. The summed E-state index contributed by atoms with van der Waals surface area (Å²) >= 11 is 6.11. The molecule has 0 unspecified atom stereocenters. The van der Waals surface area contributed by atoms with E-state index in [-0.39, 0.29) is 20.5 Å². The number of nitrogens with zero attached hydrogens (tertiary/aromatic N) is 1. The molecule has 25 heavy (non-hydrogen) atoms. The van der Waals surface area contributed by atoms with Gasteiger partial charge in [0.1, 0.15) is 11.6 Å². The molecule has 1 heterocycles. The fraction of sp³-hybridized carbons (Fsp3) is 0. The molecule has 2 N–H and O–H groups in total. The van der Waals surface area contributed by atoms with E-state index >= 15 is 0 Å². The lowest BCUT2D eigenvalue weighted by Crippen LogP contribution is -2.44. The maximum Gasteiger partial charge on any atom is 0.285 e. The quantitative estimate of drug-likeness (QED) is 0.638. The van der Waals surface area contributed by atoms with Crippen LogP contribution in [0.5, 0.6) is 5.75 Å². The van der Waals surface area contributed by atoms with Gasteiger partial charge in [-0.15, -0.1) is 0 Å². The number of carbonyl (C=O) groups excluding carboxylic acids is 2. The number of aromatic hydroxyl groups is 1. The highest BCUT2D eigenvalue weighted by Gasteiger charge is 2.34. The Labute approximate surface area is 152 Å². The number of nitrogens with one attached hydrogen (secondary N) is 1. The molecule has 0 radical (unpaired) electrons. The standard InChI is InChI=1S/C17H11FN2O3S2/c18-11-5-3-4-10(8-11)9-14-16(23)20(17(24)25-14)19-15(22)12-6-1-2-7-13(12)21/h1-9,21H,(H,19,22). The molecule has 126 valence electrons. The molecule has 2 amide bonds. The maximum atomic E-state index is 13.3. The van der Waals surface area contributed by atoms with Crippen LogP contribution in [-0.2, 0) is 4.79 Å². The molecular weight excluding hydrogens is 363 g/mol. The van der Waals surface area contributed by atoms with E-state index in [9.17, 15) is 19.1 Å². The smallest absolute Gasteiger partial charge is 0.285 e. The van der Waals surface area contributed by atoms with Crippen LogP contribution >= 0.6 is 24.0 Å². The minimum Gasteiger partial charge on any atom is -0.507 e. The predicted octanol–water partition coefficient (Wildman–Crippen LogP) is 3.08. The minimum atomic E-state index is -0.665. The fourth-order valence-corrected chi connectivity index (χ4v) is 3.32. The second-order valence-electron chi connectivity index (χ2n) is 5.03. The van der Waals surface area contributed by atoms with Crippen molar-refractivity contribution in [2.75, 3.05) is 0 Å². The van der Waals surface area contributed by atoms with Gasteiger partial charge in [0.2, 0.25) is 0 Å². The Morgan fingerprint density at radius 1 is 1.24 bits per heavy atom. The van der Waals surface area contributed by atoms with E-state index in [1.807, 2.05) is 0 Å². The van der Waals surface area contributed by atoms with Crippen molar-refractivity contribution < 1.29 is 19.1 Å². The summed E-state index contributed by atoms with van der Waals surface area (Å²) in [5.41, 5.74) is 2.90. The van der Waals surface area contributed by atoms with Crippen LogP contribution in [-0.4, -0.2) is 26.3 Å². The zero-order valence-electron chi connectivity index (χ0n) is 12.6. The summed E-state index contributed by atoms with van der Waals surface area (Å²) in [6, 6.07) is 11.7. The Morgan fingerprint density at radius 3 is 2.72 bits per heavy atom. The van der Waals surface area contributed by atoms with Crippen LogP contribution in [0.15, 0.2) is 53.4 Å². The number of phenolic OH excluding ortho intramolecular Hbond substituents is 1. The van der Waals surface area contributed by atoms with E-state index in [1.165, 1.54) is 36.4 Å². The normalized spacial score (nSPS) is 15.7. The van der Waals surface area contributed by atoms with Crippen molar-refractivity contribution >= 4 is 46.2 Å². The van der Waals surface area contributed by atoms with Crippen molar-refractivity contribution in [3.8, 4) is 5.75 Å². The first-order valence-corrected chi connectivity index (χ1v) is 8.30. The molecule has 0 saturated carbocycles. The van der Waals surface area contributed by atoms with Crippen molar-refractivity contribution in [2.45, 2.75) is 0 Å². The summed E-state index contributed by atoms with van der Waals surface area (Å²) < 4.78 is 13.4. The van der Waals surface area contributed by atoms with Gasteiger partial charge in [0, 0.05) is 0 Å². The van der Waals surface area contributed by atoms with Crippen LogP contribution in [0.3, 0.4) is 0 Å². The SMILES string of the molecule is O=C(NN1C(=O)C(=Cc2cccc(F)c2)SC1=S)c1ccccc1O. The van der Waals surface area contributed by atoms with Crippen molar-refractivity contribution in [3.05, 3.63) is 70.4 Å². The van der Waals surface area contributed by atoms with Gasteiger partial charge in [-0.3, -0.25) is 15.0 Å². The maximum absolute atomic E-state index is 13.3. The van der Waals surface area contributed by atoms with Crippen LogP contribution in [0.4, 0.5) is 4.39 Å². The summed E-state index contributed by atoms with van der Waals surface area (Å²) in [6.07, 6.45) is 1.49. The Kier molecular flexibility index (Phi) is 4.82. The Bertz CT molecular complexity index is 914. The summed E-state index contributed by atoms with van der Waals surface area (Å²) in [4.78, 5) is 24.9. The largest absolute Gasteiger partial charge is 0.507 e. The van der Waals surface area contributed by atoms with Crippen molar-refractivity contribution in [3.63, 3.8) is 0 Å². The molecule has 8 heteroatoms. The summed E-state index contributed by atoms with van der Waals surface area (Å²) in [6.45, 7) is 0. The summed E-state index contributed by atoms with van der Waals surface area (Å²) in [5, 5.41) is 10.6. The molecule has 1 fully saturated rings. The monoisotopic (exact) mass is 374 g/mol. The molecule has 5 nitrogen and oxygen atoms in total. The van der Waals surface area contributed by atoms with Gasteiger partial charge in [0.15, 0.2) is 4.32 Å². The van der Waals surface area contributed by atoms with E-state index in [2.05, 4.69) is 5.43 Å². The van der Waals surface area contributed by atoms with E-state index in [1.54, 1.807) is 18.2 Å². The number of thioether (sulfide) groups is 1. The number of hydrogen-bond donors (Lipinski definition) is 2. The molecule has 1 saturated heterocycles. The third-order valence-electron chi connectivity index (χ3n) is 3.30. The number of rotatable bonds is 3. The van der Waals surface area contributed by atoms with Gasteiger partial charge in [0.05, 0.1) is 10.5 Å². The molecular formula is C17H11FN2O3S2. The summed E-state index contributed by atoms with van der Waals surface area (Å²) in [5.74, 6) is -1.82. The molecule has 0 aromatic heterocycles. The van der Waals surface area contributed by atoms with E-state index in [0.29, 0.717) is 5.56 Å². The topological polar surface area (TPSA) is 69.6 Å². The van der Waals surface area contributed by atoms with Crippen LogP contribution in [0.2, 0.25) is 0 Å². The second-order valence-corrected chi connectivity index (χ2v) is 6.71. The first kappa shape index (κ1) is 17.1. The van der Waals surface area contributed by atoms with E-state index < -0.39 is 17.6 Å². The molecule has 0 spiro atoms. The Morgan fingerprint density at radius 2 is 2.00 bits per heavy atom. The highest BCUT2D eigenvalue weighted by atomic mass is 32.2. The lowest BCUT2D eigenvalue weighted by molar-refractivity contribution is -0.123. The van der Waals surface area contributed by atoms with Crippen molar-refractivity contribution in [1.29, 1.82) is 0 Å². The van der Waals surface area contributed by atoms with Crippen LogP contribution in [0.1, 0.15) is 15.9 Å². The summed E-state index contributed by atoms with van der Waals surface area (Å²) in [7, 11) is 0. The van der Waals surface area contributed by atoms with Crippen LogP contribution in [0.25, 0.3) is 6.08 Å². The molecule has 1 aliphatic heterocycles. The number of benzene rings is 2. The highest BCUT2D eigenvalue weighted by Crippen LogP contribution is 2.31. The van der Waals surface area contributed by atoms with Gasteiger partial charge in [-0.1, -0.05) is 36.0 Å². The number of halogens is 1. The van der Waals surface area contributed by atoms with Crippen molar-refractivity contribution in [1.82, 2.24) is 10.4 Å². The van der Waals surface area contributed by atoms with Crippen molar-refractivity contribution in [2.24, 2.45) is 0 Å². The number of amides is 2. The molecule has 0 aliphatic carbocycles. The van der Waals surface area contributed by atoms with Gasteiger partial charge in [0.25, 0.3) is 11.8 Å². The third-order valence-corrected chi connectivity index (χ3v) is 4.60. The zero-order valence-corrected chi connectivity index (χ0v) is 14.2. The molecule has 2 aromatic carbocycles. The first-order valence-electron chi connectivity index (χ1n) is 7.08. The third kappa shape index (κ3) is 3.70. The highest BCUT2D eigenvalue weighted by molar-refractivity contribution is 8.26. The van der Waals surface area contributed by atoms with Gasteiger partial charge < -0.3 is 5.11 Å². The van der Waals surface area contributed by atoms with Gasteiger partial charge in [-0.05, 0) is 48.1 Å². The van der Waals surface area contributed by atoms with Crippen LogP contribution in [0, 0.1) is 5.82 Å². The van der Waals surface area contributed by atoms with E-state index in [4.69, 9.17) is 12.2 Å². The predicted molar refractivity (Wildman–Crippen MR) is 97.0 cm³/mol.